The minimum Gasteiger partial charge on any atom is -0.492 e. The van der Waals surface area contributed by atoms with Crippen LogP contribution in [0.5, 0.6) is 5.75 Å². The molecule has 4 nitrogen and oxygen atoms in total. The van der Waals surface area contributed by atoms with Crippen LogP contribution in [0.2, 0.25) is 0 Å². The fourth-order valence-electron chi connectivity index (χ4n) is 1.91. The van der Waals surface area contributed by atoms with E-state index in [1.807, 2.05) is 50.4 Å². The fraction of sp³-hybridized carbons (Fsp3) is 0.267. The number of ether oxygens (including phenoxy) is 1. The van der Waals surface area contributed by atoms with E-state index in [1.54, 1.807) is 6.20 Å². The summed E-state index contributed by atoms with van der Waals surface area (Å²) in [7, 11) is 1.89. The lowest BCUT2D eigenvalue weighted by atomic mass is 10.1. The molecule has 1 aromatic carbocycles. The van der Waals surface area contributed by atoms with Gasteiger partial charge in [-0.25, -0.2) is 4.98 Å². The van der Waals surface area contributed by atoms with Crippen molar-refractivity contribution in [2.24, 2.45) is 0 Å². The molecule has 3 N–H and O–H groups in total. The molecule has 0 amide bonds. The lowest BCUT2D eigenvalue weighted by Gasteiger charge is -2.19. The fourth-order valence-corrected chi connectivity index (χ4v) is 1.91. The van der Waals surface area contributed by atoms with Crippen LogP contribution in [0.15, 0.2) is 42.6 Å². The number of para-hydroxylation sites is 1. The van der Waals surface area contributed by atoms with Crippen LogP contribution in [0.25, 0.3) is 0 Å². The van der Waals surface area contributed by atoms with E-state index in [2.05, 4.69) is 10.3 Å². The Morgan fingerprint density at radius 1 is 1.32 bits per heavy atom. The van der Waals surface area contributed by atoms with Gasteiger partial charge >= 0.3 is 0 Å². The second-order valence-corrected chi connectivity index (χ2v) is 4.45. The summed E-state index contributed by atoms with van der Waals surface area (Å²) >= 11 is 0. The van der Waals surface area contributed by atoms with E-state index in [0.29, 0.717) is 12.4 Å². The minimum absolute atomic E-state index is 0.0209. The van der Waals surface area contributed by atoms with Crippen molar-refractivity contribution in [3.05, 3.63) is 53.7 Å². The van der Waals surface area contributed by atoms with Gasteiger partial charge in [0.2, 0.25) is 0 Å². The predicted octanol–water partition coefficient (Wildman–Crippen LogP) is 2.31. The molecule has 0 fully saturated rings. The van der Waals surface area contributed by atoms with Crippen LogP contribution in [-0.2, 0) is 0 Å². The number of aromatic nitrogens is 1. The van der Waals surface area contributed by atoms with Gasteiger partial charge < -0.3 is 15.8 Å². The first-order chi connectivity index (χ1) is 9.20. The highest BCUT2D eigenvalue weighted by molar-refractivity contribution is 5.43. The second-order valence-electron chi connectivity index (χ2n) is 4.45. The topological polar surface area (TPSA) is 60.2 Å². The van der Waals surface area contributed by atoms with Gasteiger partial charge in [-0.2, -0.15) is 0 Å². The maximum Gasteiger partial charge on any atom is 0.128 e. The van der Waals surface area contributed by atoms with Crippen molar-refractivity contribution in [1.29, 1.82) is 0 Å². The Morgan fingerprint density at radius 2 is 2.05 bits per heavy atom. The number of rotatable bonds is 5. The number of pyridine rings is 1. The predicted molar refractivity (Wildman–Crippen MR) is 77.1 cm³/mol. The number of nitrogens with zero attached hydrogens (tertiary/aromatic N) is 1. The zero-order valence-corrected chi connectivity index (χ0v) is 11.3. The highest BCUT2D eigenvalue weighted by Crippen LogP contribution is 2.21. The van der Waals surface area contributed by atoms with E-state index in [-0.39, 0.29) is 6.04 Å². The summed E-state index contributed by atoms with van der Waals surface area (Å²) in [5.74, 6) is 1.39. The third-order valence-electron chi connectivity index (χ3n) is 2.97. The molecule has 1 aromatic heterocycles. The van der Waals surface area contributed by atoms with Crippen LogP contribution in [-0.4, -0.2) is 18.6 Å². The van der Waals surface area contributed by atoms with Crippen molar-refractivity contribution >= 4 is 5.82 Å². The van der Waals surface area contributed by atoms with Gasteiger partial charge in [-0.05, 0) is 37.7 Å². The van der Waals surface area contributed by atoms with Crippen molar-refractivity contribution in [3.8, 4) is 5.75 Å². The van der Waals surface area contributed by atoms with Crippen LogP contribution >= 0.6 is 0 Å². The first kappa shape index (κ1) is 13.4. The molecule has 0 saturated heterocycles. The van der Waals surface area contributed by atoms with Crippen LogP contribution in [0.3, 0.4) is 0 Å². The number of nitrogen functional groups attached to an aromatic ring is 1. The van der Waals surface area contributed by atoms with Crippen LogP contribution in [0.4, 0.5) is 5.82 Å². The van der Waals surface area contributed by atoms with Crippen LogP contribution in [0, 0.1) is 6.92 Å². The normalized spacial score (nSPS) is 12.1. The van der Waals surface area contributed by atoms with E-state index < -0.39 is 0 Å². The van der Waals surface area contributed by atoms with Gasteiger partial charge in [0.25, 0.3) is 0 Å². The summed E-state index contributed by atoms with van der Waals surface area (Å²) in [6.45, 7) is 2.51. The minimum atomic E-state index is 0.0209. The van der Waals surface area contributed by atoms with E-state index in [0.717, 1.165) is 16.9 Å². The molecule has 1 atom stereocenters. The molecule has 0 radical (unpaired) electrons. The molecule has 2 rings (SSSR count). The number of aryl methyl sites for hydroxylation is 1. The molecule has 19 heavy (non-hydrogen) atoms. The van der Waals surface area contributed by atoms with Gasteiger partial charge in [-0.3, -0.25) is 0 Å². The molecule has 2 aromatic rings. The number of hydrogen-bond acceptors (Lipinski definition) is 4. The number of benzene rings is 1. The zero-order valence-electron chi connectivity index (χ0n) is 11.3. The molecule has 0 aliphatic carbocycles. The number of nitrogens with one attached hydrogen (secondary N) is 1. The molecule has 0 spiro atoms. The van der Waals surface area contributed by atoms with Crippen LogP contribution in [0.1, 0.15) is 17.2 Å². The molecule has 1 heterocycles. The molecule has 0 bridgehead atoms. The molecule has 100 valence electrons. The molecule has 0 aliphatic heterocycles. The Balaban J connectivity index is 2.10. The van der Waals surface area contributed by atoms with E-state index in [1.165, 1.54) is 0 Å². The summed E-state index contributed by atoms with van der Waals surface area (Å²) in [5, 5.41) is 3.21. The van der Waals surface area contributed by atoms with Crippen molar-refractivity contribution in [3.63, 3.8) is 0 Å². The summed E-state index contributed by atoms with van der Waals surface area (Å²) in [6, 6.07) is 11.8. The molecule has 4 heteroatoms. The quantitative estimate of drug-likeness (QED) is 0.863. The zero-order chi connectivity index (χ0) is 13.7. The van der Waals surface area contributed by atoms with Gasteiger partial charge in [0, 0.05) is 11.8 Å². The summed E-state index contributed by atoms with van der Waals surface area (Å²) in [6.07, 6.45) is 1.77. The Labute approximate surface area is 113 Å². The first-order valence-electron chi connectivity index (χ1n) is 6.28. The first-order valence-corrected chi connectivity index (χ1v) is 6.28. The smallest absolute Gasteiger partial charge is 0.128 e. The summed E-state index contributed by atoms with van der Waals surface area (Å²) in [4.78, 5) is 4.18. The second kappa shape index (κ2) is 6.20. The largest absolute Gasteiger partial charge is 0.492 e. The van der Waals surface area contributed by atoms with Crippen molar-refractivity contribution in [1.82, 2.24) is 10.3 Å². The van der Waals surface area contributed by atoms with E-state index in [9.17, 15) is 0 Å². The van der Waals surface area contributed by atoms with Crippen molar-refractivity contribution < 1.29 is 4.74 Å². The van der Waals surface area contributed by atoms with E-state index in [4.69, 9.17) is 10.5 Å². The third-order valence-corrected chi connectivity index (χ3v) is 2.97. The summed E-state index contributed by atoms with van der Waals surface area (Å²) < 4.78 is 5.76. The maximum atomic E-state index is 5.93. The SMILES string of the molecule is CNC(COc1ccccc1)c1cc(C)cnc1N. The standard InChI is InChI=1S/C15H19N3O/c1-11-8-13(15(16)18-9-11)14(17-2)10-19-12-6-4-3-5-7-12/h3-9,14,17H,10H2,1-2H3,(H2,16,18). The third kappa shape index (κ3) is 3.45. The van der Waals surface area contributed by atoms with Gasteiger partial charge in [-0.15, -0.1) is 0 Å². The molecule has 0 saturated carbocycles. The molecular formula is C15H19N3O. The average Bonchev–Trinajstić information content (AvgIpc) is 2.44. The molecule has 0 aliphatic rings. The van der Waals surface area contributed by atoms with E-state index >= 15 is 0 Å². The van der Waals surface area contributed by atoms with Crippen LogP contribution < -0.4 is 15.8 Å². The van der Waals surface area contributed by atoms with Crippen molar-refractivity contribution in [2.45, 2.75) is 13.0 Å². The van der Waals surface area contributed by atoms with Crippen molar-refractivity contribution in [2.75, 3.05) is 19.4 Å². The summed E-state index contributed by atoms with van der Waals surface area (Å²) in [5.41, 5.74) is 7.99. The lowest BCUT2D eigenvalue weighted by Crippen LogP contribution is -2.24. The monoisotopic (exact) mass is 257 g/mol. The Hall–Kier alpha value is -2.07. The maximum absolute atomic E-state index is 5.93. The number of anilines is 1. The number of nitrogens with two attached hydrogens (primary N) is 1. The molecule has 1 unspecified atom stereocenters. The number of hydrogen-bond donors (Lipinski definition) is 2. The van der Waals surface area contributed by atoms with Gasteiger partial charge in [0.05, 0.1) is 6.04 Å². The highest BCUT2D eigenvalue weighted by atomic mass is 16.5. The Bertz CT molecular complexity index is 528. The van der Waals surface area contributed by atoms with Gasteiger partial charge in [-0.1, -0.05) is 18.2 Å². The Morgan fingerprint density at radius 3 is 2.74 bits per heavy atom. The lowest BCUT2D eigenvalue weighted by molar-refractivity contribution is 0.273. The molecular weight excluding hydrogens is 238 g/mol. The van der Waals surface area contributed by atoms with Gasteiger partial charge in [0.1, 0.15) is 18.2 Å². The highest BCUT2D eigenvalue weighted by Gasteiger charge is 2.14. The Kier molecular flexibility index (Phi) is 4.36. The van der Waals surface area contributed by atoms with Gasteiger partial charge in [0.15, 0.2) is 0 Å². The average molecular weight is 257 g/mol. The number of likely N-dealkylation sites (N-methyl/N-ethyl adjacent to an activating group) is 1.